The van der Waals surface area contributed by atoms with Gasteiger partial charge in [0.2, 0.25) is 5.91 Å². The lowest BCUT2D eigenvalue weighted by molar-refractivity contribution is -0.127. The molecule has 0 aliphatic carbocycles. The van der Waals surface area contributed by atoms with Crippen LogP contribution in [-0.4, -0.2) is 39.0 Å². The van der Waals surface area contributed by atoms with Crippen LogP contribution in [0.15, 0.2) is 36.4 Å². The number of carbonyl (C=O) groups excluding carboxylic acids is 1. The Kier molecular flexibility index (Phi) is 4.30. The number of rotatable bonds is 2. The van der Waals surface area contributed by atoms with Gasteiger partial charge >= 0.3 is 0 Å². The van der Waals surface area contributed by atoms with Gasteiger partial charge in [0.05, 0.1) is 5.69 Å². The Balaban J connectivity index is 1.73. The molecule has 0 saturated carbocycles. The zero-order valence-electron chi connectivity index (χ0n) is 15.9. The molecular formula is C22H23N3O2. The molecule has 1 aliphatic rings. The molecule has 5 heteroatoms. The topological polar surface area (TPSA) is 66.3 Å². The lowest BCUT2D eigenvalue weighted by Crippen LogP contribution is -2.25. The number of hydrogen-bond donors (Lipinski definition) is 1. The summed E-state index contributed by atoms with van der Waals surface area (Å²) in [7, 11) is 0. The largest absolute Gasteiger partial charge is 0.507 e. The summed E-state index contributed by atoms with van der Waals surface area (Å²) in [6.07, 6.45) is 0.926. The first kappa shape index (κ1) is 17.5. The number of aromatic nitrogens is 2. The van der Waals surface area contributed by atoms with Gasteiger partial charge in [0.1, 0.15) is 5.75 Å². The molecular weight excluding hydrogens is 338 g/mol. The number of aromatic hydroxyl groups is 1. The molecule has 1 N–H and O–H groups in total. The van der Waals surface area contributed by atoms with Crippen molar-refractivity contribution in [3.8, 4) is 17.0 Å². The maximum atomic E-state index is 11.6. The van der Waals surface area contributed by atoms with E-state index in [9.17, 15) is 9.90 Å². The molecule has 1 saturated heterocycles. The number of pyridine rings is 2. The lowest BCUT2D eigenvalue weighted by atomic mass is 10.0. The third kappa shape index (κ3) is 3.25. The molecule has 0 unspecified atom stereocenters. The summed E-state index contributed by atoms with van der Waals surface area (Å²) in [5, 5.41) is 11.4. The first-order valence-corrected chi connectivity index (χ1v) is 9.26. The number of phenolic OH excluding ortho intramolecular Hbond substituents is 1. The minimum absolute atomic E-state index is 0.115. The smallest absolute Gasteiger partial charge is 0.219 e. The molecule has 138 valence electrons. The van der Waals surface area contributed by atoms with Gasteiger partial charge in [-0.1, -0.05) is 6.07 Å². The first-order chi connectivity index (χ1) is 12.9. The Labute approximate surface area is 158 Å². The summed E-state index contributed by atoms with van der Waals surface area (Å²) < 4.78 is 0. The van der Waals surface area contributed by atoms with Crippen molar-refractivity contribution in [2.24, 2.45) is 0 Å². The molecule has 0 spiro atoms. The van der Waals surface area contributed by atoms with Gasteiger partial charge in [-0.15, -0.1) is 0 Å². The molecule has 2 aromatic heterocycles. The zero-order valence-corrected chi connectivity index (χ0v) is 15.9. The summed E-state index contributed by atoms with van der Waals surface area (Å²) >= 11 is 0. The average Bonchev–Trinajstić information content (AvgIpc) is 3.10. The maximum Gasteiger partial charge on any atom is 0.219 e. The van der Waals surface area contributed by atoms with Gasteiger partial charge < -0.3 is 10.0 Å². The first-order valence-electron chi connectivity index (χ1n) is 9.26. The van der Waals surface area contributed by atoms with E-state index in [0.29, 0.717) is 12.2 Å². The van der Waals surface area contributed by atoms with Crippen molar-refractivity contribution in [3.05, 3.63) is 53.2 Å². The van der Waals surface area contributed by atoms with E-state index in [1.165, 1.54) is 0 Å². The van der Waals surface area contributed by atoms with E-state index < -0.39 is 0 Å². The number of aryl methyl sites for hydroxylation is 2. The monoisotopic (exact) mass is 361 g/mol. The quantitative estimate of drug-likeness (QED) is 0.750. The van der Waals surface area contributed by atoms with Crippen LogP contribution in [0.5, 0.6) is 5.75 Å². The lowest BCUT2D eigenvalue weighted by Gasteiger charge is -2.14. The van der Waals surface area contributed by atoms with Crippen LogP contribution in [0, 0.1) is 13.8 Å². The molecule has 1 fully saturated rings. The number of fused-ring (bicyclic) bond motifs is 1. The highest BCUT2D eigenvalue weighted by molar-refractivity contribution is 5.81. The van der Waals surface area contributed by atoms with Crippen LogP contribution >= 0.6 is 0 Å². The predicted molar refractivity (Wildman–Crippen MR) is 106 cm³/mol. The van der Waals surface area contributed by atoms with Crippen molar-refractivity contribution < 1.29 is 9.90 Å². The van der Waals surface area contributed by atoms with Crippen molar-refractivity contribution in [1.29, 1.82) is 0 Å². The normalized spacial score (nSPS) is 16.9. The predicted octanol–water partition coefficient (Wildman–Crippen LogP) is 3.96. The van der Waals surface area contributed by atoms with Crippen molar-refractivity contribution in [3.63, 3.8) is 0 Å². The Hall–Kier alpha value is -2.95. The molecule has 1 aliphatic heterocycles. The number of nitrogens with zero attached hydrogens (tertiary/aromatic N) is 3. The molecule has 3 heterocycles. The van der Waals surface area contributed by atoms with E-state index in [1.807, 2.05) is 49.1 Å². The highest BCUT2D eigenvalue weighted by Crippen LogP contribution is 2.33. The third-order valence-corrected chi connectivity index (χ3v) is 5.34. The Bertz CT molecular complexity index is 1020. The van der Waals surface area contributed by atoms with Crippen molar-refractivity contribution in [2.45, 2.75) is 33.1 Å². The van der Waals surface area contributed by atoms with Crippen molar-refractivity contribution in [1.82, 2.24) is 14.9 Å². The van der Waals surface area contributed by atoms with Gasteiger partial charge in [-0.3, -0.25) is 4.79 Å². The van der Waals surface area contributed by atoms with Gasteiger partial charge in [-0.2, -0.15) is 0 Å². The minimum atomic E-state index is 0.115. The number of likely N-dealkylation sites (tertiary alicyclic amines) is 1. The number of phenols is 1. The minimum Gasteiger partial charge on any atom is -0.507 e. The molecule has 4 rings (SSSR count). The zero-order chi connectivity index (χ0) is 19.1. The Morgan fingerprint density at radius 2 is 1.93 bits per heavy atom. The molecule has 5 nitrogen and oxygen atoms in total. The number of amides is 1. The van der Waals surface area contributed by atoms with Crippen molar-refractivity contribution >= 4 is 16.9 Å². The molecule has 1 atom stereocenters. The van der Waals surface area contributed by atoms with Crippen LogP contribution in [0.25, 0.3) is 22.3 Å². The SMILES string of the molecule is CC(=O)N1CC[C@H](c2ccc3ccc(-c4c(C)cc(C)cc4O)nc3n2)C1. The van der Waals surface area contributed by atoms with Crippen LogP contribution in [0.4, 0.5) is 0 Å². The van der Waals surface area contributed by atoms with E-state index in [0.717, 1.165) is 46.4 Å². The Morgan fingerprint density at radius 1 is 1.15 bits per heavy atom. The molecule has 1 amide bonds. The highest BCUT2D eigenvalue weighted by atomic mass is 16.3. The summed E-state index contributed by atoms with van der Waals surface area (Å²) in [6.45, 7) is 7.05. The fraction of sp³-hybridized carbons (Fsp3) is 0.318. The second kappa shape index (κ2) is 6.65. The van der Waals surface area contributed by atoms with Gasteiger partial charge in [0, 0.05) is 42.6 Å². The molecule has 3 aromatic rings. The maximum absolute atomic E-state index is 11.6. The fourth-order valence-electron chi connectivity index (χ4n) is 3.95. The second-order valence-electron chi connectivity index (χ2n) is 7.41. The Morgan fingerprint density at radius 3 is 2.63 bits per heavy atom. The van der Waals surface area contributed by atoms with Gasteiger partial charge in [0.15, 0.2) is 5.65 Å². The van der Waals surface area contributed by atoms with Gasteiger partial charge in [-0.25, -0.2) is 9.97 Å². The second-order valence-corrected chi connectivity index (χ2v) is 7.41. The van der Waals surface area contributed by atoms with Crippen LogP contribution in [0.2, 0.25) is 0 Å². The van der Waals surface area contributed by atoms with Crippen LogP contribution in [-0.2, 0) is 4.79 Å². The average molecular weight is 361 g/mol. The number of carbonyl (C=O) groups is 1. The molecule has 0 radical (unpaired) electrons. The van der Waals surface area contributed by atoms with Gasteiger partial charge in [-0.05, 0) is 61.7 Å². The standard InChI is InChI=1S/C22H23N3O2/c1-13-10-14(2)21(20(27)11-13)19-7-5-16-4-6-18(23-22(16)24-19)17-8-9-25(12-17)15(3)26/h4-7,10-11,17,27H,8-9,12H2,1-3H3/t17-/m0/s1. The summed E-state index contributed by atoms with van der Waals surface area (Å²) in [4.78, 5) is 23.0. The summed E-state index contributed by atoms with van der Waals surface area (Å²) in [6, 6.07) is 11.8. The van der Waals surface area contributed by atoms with Crippen LogP contribution in [0.3, 0.4) is 0 Å². The van der Waals surface area contributed by atoms with E-state index in [1.54, 1.807) is 13.0 Å². The van der Waals surface area contributed by atoms with E-state index in [-0.39, 0.29) is 17.6 Å². The van der Waals surface area contributed by atoms with Gasteiger partial charge in [0.25, 0.3) is 0 Å². The number of hydrogen-bond acceptors (Lipinski definition) is 4. The molecule has 0 bridgehead atoms. The molecule has 27 heavy (non-hydrogen) atoms. The van der Waals surface area contributed by atoms with E-state index in [4.69, 9.17) is 9.97 Å². The third-order valence-electron chi connectivity index (χ3n) is 5.34. The summed E-state index contributed by atoms with van der Waals surface area (Å²) in [5.41, 5.74) is 5.12. The van der Waals surface area contributed by atoms with Crippen molar-refractivity contribution in [2.75, 3.05) is 13.1 Å². The summed E-state index contributed by atoms with van der Waals surface area (Å²) in [5.74, 6) is 0.602. The van der Waals surface area contributed by atoms with Crippen LogP contribution in [0.1, 0.15) is 36.1 Å². The van der Waals surface area contributed by atoms with E-state index >= 15 is 0 Å². The van der Waals surface area contributed by atoms with Crippen LogP contribution < -0.4 is 0 Å². The van der Waals surface area contributed by atoms with E-state index in [2.05, 4.69) is 0 Å². The molecule has 1 aromatic carbocycles. The number of benzene rings is 1. The fourth-order valence-corrected chi connectivity index (χ4v) is 3.95. The highest BCUT2D eigenvalue weighted by Gasteiger charge is 2.26.